The monoisotopic (exact) mass is 1530 g/mol. The van der Waals surface area contributed by atoms with Gasteiger partial charge in [0.25, 0.3) is 0 Å². The van der Waals surface area contributed by atoms with Gasteiger partial charge in [-0.3, -0.25) is 19.4 Å². The Morgan fingerprint density at radius 2 is 0.938 bits per heavy atom. The number of furan rings is 1. The zero-order chi connectivity index (χ0) is 80.4. The van der Waals surface area contributed by atoms with Crippen LogP contribution in [0.4, 0.5) is 13.2 Å². The first-order valence-electron chi connectivity index (χ1n) is 37.7. The Morgan fingerprint density at radius 1 is 0.504 bits per heavy atom. The minimum atomic E-state index is -0.671. The highest BCUT2D eigenvalue weighted by molar-refractivity contribution is 6.64. The Balaban J connectivity index is 0.000000149. The minimum absolute atomic E-state index is 0.0102. The fourth-order valence-corrected chi connectivity index (χ4v) is 16.5. The number of rotatable bonds is 24. The number of fused-ring (bicyclic) bond motifs is 3. The van der Waals surface area contributed by atoms with Crippen LogP contribution >= 0.6 is 0 Å². The Hall–Kier alpha value is -11.5. The lowest BCUT2D eigenvalue weighted by molar-refractivity contribution is -0.121. The van der Waals surface area contributed by atoms with E-state index in [1.165, 1.54) is 58.8 Å². The zero-order valence-corrected chi connectivity index (χ0v) is 65.8. The predicted molar refractivity (Wildman–Crippen MR) is 429 cm³/mol. The molecule has 1 aliphatic heterocycles. The maximum absolute atomic E-state index is 14.4. The van der Waals surface area contributed by atoms with Crippen LogP contribution in [0.2, 0.25) is 0 Å². The van der Waals surface area contributed by atoms with Gasteiger partial charge in [-0.2, -0.15) is 0 Å². The highest BCUT2D eigenvalue weighted by Gasteiger charge is 2.57. The van der Waals surface area contributed by atoms with Gasteiger partial charge in [0.2, 0.25) is 29.2 Å². The number of pyridine rings is 1. The molecule has 586 valence electrons. The number of phenols is 2. The maximum Gasteiger partial charge on any atom is 0.502 e. The summed E-state index contributed by atoms with van der Waals surface area (Å²) in [6, 6.07) is 42.8. The molecule has 15 rings (SSSR count). The van der Waals surface area contributed by atoms with Crippen molar-refractivity contribution in [2.45, 2.75) is 147 Å². The molecule has 3 heterocycles. The molecule has 3 fully saturated rings. The number of phenolic OH excluding ortho intramolecular Hbond substituents is 2. The first-order chi connectivity index (χ1) is 54.2. The number of allylic oxidation sites excluding steroid dienone is 4. The lowest BCUT2D eigenvalue weighted by Gasteiger charge is -2.32. The van der Waals surface area contributed by atoms with Crippen molar-refractivity contribution >= 4 is 58.7 Å². The molecular weight excluding hydrogens is 1440 g/mol. The smallest absolute Gasteiger partial charge is 0.502 e. The maximum atomic E-state index is 14.4. The van der Waals surface area contributed by atoms with Gasteiger partial charge in [-0.25, -0.2) is 13.2 Å². The fraction of sp³-hybridized carbons (Fsp3) is 0.319. The summed E-state index contributed by atoms with van der Waals surface area (Å²) in [5.74, 6) is 1.71. The SMILES string of the molecule is COc1cc(/C=C2/C(C)=C(CC(=O)NCc3cccnc3)c3cc(F)ccc32)cc(OC)c1B1OC(C)(C)C(C)(C)O1.COc1cc(C2(C3C(C)=C(CC(=O)NCc4ccccc4)c4cc(F)ccc43)CC2)cc(OC)c1O.COc1cc(C2(C3C(C)=C(CC(=O)NCc4ccco4)c4cc(F)ccc43)CC2)cc(OC)c1O. The Labute approximate surface area is 657 Å². The van der Waals surface area contributed by atoms with Crippen molar-refractivity contribution in [1.82, 2.24) is 20.9 Å². The number of aromatic hydroxyl groups is 2. The zero-order valence-electron chi connectivity index (χ0n) is 65.8. The summed E-state index contributed by atoms with van der Waals surface area (Å²) < 4.78 is 94.3. The van der Waals surface area contributed by atoms with E-state index in [0.29, 0.717) is 70.9 Å². The van der Waals surface area contributed by atoms with Crippen LogP contribution in [0, 0.1) is 17.5 Å². The molecule has 0 bridgehead atoms. The molecule has 2 saturated carbocycles. The summed E-state index contributed by atoms with van der Waals surface area (Å²) in [6.45, 7) is 15.1. The number of ether oxygens (including phenoxy) is 6. The summed E-state index contributed by atoms with van der Waals surface area (Å²) in [5.41, 5.74) is 15.5. The molecule has 18 nitrogen and oxygen atoms in total. The lowest BCUT2D eigenvalue weighted by Crippen LogP contribution is -2.41. The average Bonchev–Trinajstić information content (AvgIpc) is 1.55. The van der Waals surface area contributed by atoms with Gasteiger partial charge in [0, 0.05) is 48.1 Å². The second kappa shape index (κ2) is 32.7. The molecule has 0 spiro atoms. The first-order valence-corrected chi connectivity index (χ1v) is 37.7. The van der Waals surface area contributed by atoms with Gasteiger partial charge in [0.05, 0.1) is 91.4 Å². The van der Waals surface area contributed by atoms with Crippen molar-refractivity contribution in [3.05, 3.63) is 265 Å². The fourth-order valence-electron chi connectivity index (χ4n) is 16.5. The van der Waals surface area contributed by atoms with E-state index in [-0.39, 0.29) is 88.6 Å². The van der Waals surface area contributed by atoms with Gasteiger partial charge in [0.15, 0.2) is 23.0 Å². The highest BCUT2D eigenvalue weighted by atomic mass is 19.1. The van der Waals surface area contributed by atoms with Crippen LogP contribution in [-0.4, -0.2) is 93.9 Å². The van der Waals surface area contributed by atoms with Gasteiger partial charge in [-0.15, -0.1) is 0 Å². The van der Waals surface area contributed by atoms with Gasteiger partial charge < -0.3 is 68.3 Å². The van der Waals surface area contributed by atoms with Crippen LogP contribution in [-0.2, 0) is 54.2 Å². The summed E-state index contributed by atoms with van der Waals surface area (Å²) in [5, 5.41) is 29.7. The number of halogens is 3. The second-order valence-electron chi connectivity index (χ2n) is 30.5. The number of nitrogens with zero attached hydrogens (tertiary/aromatic N) is 1. The van der Waals surface area contributed by atoms with E-state index in [0.717, 1.165) is 120 Å². The van der Waals surface area contributed by atoms with Crippen molar-refractivity contribution in [2.75, 3.05) is 42.7 Å². The summed E-state index contributed by atoms with van der Waals surface area (Å²) in [4.78, 5) is 42.9. The molecule has 2 atom stereocenters. The number of benzene rings is 7. The molecule has 5 N–H and O–H groups in total. The standard InChI is InChI=1S/C33H36BFN2O5.C30H30FNO4.C28H28FNO5/c1-20-25(13-22-14-28(39-6)31(29(15-22)40-7)34-41-32(2,3)33(4,5)42-34)24-11-10-23(35)16-27(24)26(20)17-30(38)37-19-21-9-8-12-36-18-21;1-18-23(16-27(33)32-17-19-7-5-4-6-8-19)24-15-21(31)9-10-22(24)28(18)30(11-12-30)20-13-25(35-2)29(34)26(14-20)36-3;1-16-21(14-25(31)30-15-19-5-4-10-35-19)22-13-18(29)6-7-20(22)26(16)28(8-9-28)17-11-23(33-2)27(32)24(12-17)34-3/h8-16,18H,17,19H2,1-7H3,(H,37,38);4-10,13-15,28,34H,11-12,16-17H2,1-3H3,(H,32,33);4-7,10-13,26,32H,8-9,14-15H2,1-3H3,(H,30,31)/b25-13-;;. The second-order valence-corrected chi connectivity index (χ2v) is 30.5. The normalized spacial score (nSPS) is 17.7. The average molecular weight is 1540 g/mol. The van der Waals surface area contributed by atoms with Crippen LogP contribution in [0.15, 0.2) is 185 Å². The number of aromatic nitrogens is 1. The number of amides is 3. The van der Waals surface area contributed by atoms with E-state index in [1.807, 2.05) is 139 Å². The highest BCUT2D eigenvalue weighted by Crippen LogP contribution is 2.67. The molecule has 1 saturated heterocycles. The number of hydrogen-bond donors (Lipinski definition) is 5. The van der Waals surface area contributed by atoms with Gasteiger partial charge >= 0.3 is 7.12 Å². The van der Waals surface area contributed by atoms with Crippen LogP contribution in [0.5, 0.6) is 46.0 Å². The molecule has 22 heteroatoms. The number of carbonyl (C=O) groups is 3. The van der Waals surface area contributed by atoms with E-state index >= 15 is 0 Å². The minimum Gasteiger partial charge on any atom is -0.502 e. The molecule has 2 unspecified atom stereocenters. The third-order valence-electron chi connectivity index (χ3n) is 23.3. The van der Waals surface area contributed by atoms with Crippen molar-refractivity contribution < 1.29 is 79.9 Å². The predicted octanol–water partition coefficient (Wildman–Crippen LogP) is 16.9. The molecule has 0 radical (unpaired) electrons. The lowest BCUT2D eigenvalue weighted by atomic mass is 9.76. The number of carbonyl (C=O) groups excluding carboxylic acids is 3. The van der Waals surface area contributed by atoms with E-state index in [9.17, 15) is 37.8 Å². The van der Waals surface area contributed by atoms with Crippen molar-refractivity contribution in [3.8, 4) is 46.0 Å². The molecular formula is C91H94BF3N4O14. The van der Waals surface area contributed by atoms with Crippen molar-refractivity contribution in [2.24, 2.45) is 0 Å². The molecule has 9 aromatic rings. The van der Waals surface area contributed by atoms with Crippen LogP contribution in [0.25, 0.3) is 28.4 Å². The van der Waals surface area contributed by atoms with E-state index in [1.54, 1.807) is 57.1 Å². The summed E-state index contributed by atoms with van der Waals surface area (Å²) in [6.07, 6.45) is 11.1. The summed E-state index contributed by atoms with van der Waals surface area (Å²) in [7, 11) is 8.58. The molecule has 6 aliphatic rings. The third kappa shape index (κ3) is 16.1. The largest absolute Gasteiger partial charge is 0.502 e. The molecule has 3 amide bonds. The van der Waals surface area contributed by atoms with Gasteiger partial charge in [-0.1, -0.05) is 65.7 Å². The van der Waals surface area contributed by atoms with Crippen LogP contribution in [0.3, 0.4) is 0 Å². The molecule has 113 heavy (non-hydrogen) atoms. The number of nitrogens with one attached hydrogen (secondary N) is 3. The first kappa shape index (κ1) is 79.6. The number of methoxy groups -OCH3 is 6. The van der Waals surface area contributed by atoms with Crippen molar-refractivity contribution in [3.63, 3.8) is 0 Å². The third-order valence-corrected chi connectivity index (χ3v) is 23.3. The Morgan fingerprint density at radius 3 is 1.37 bits per heavy atom. The topological polar surface area (TPSA) is 228 Å². The van der Waals surface area contributed by atoms with E-state index in [2.05, 4.69) is 27.9 Å². The van der Waals surface area contributed by atoms with E-state index < -0.39 is 18.3 Å². The number of hydrogen-bond acceptors (Lipinski definition) is 15. The van der Waals surface area contributed by atoms with E-state index in [4.69, 9.17) is 42.1 Å². The molecule has 7 aromatic carbocycles. The van der Waals surface area contributed by atoms with Gasteiger partial charge in [-0.05, 0) is 260 Å². The Bertz CT molecular complexity index is 5170. The Kier molecular flexibility index (Phi) is 23.0. The quantitative estimate of drug-likeness (QED) is 0.0355. The van der Waals surface area contributed by atoms with Crippen LogP contribution < -0.4 is 49.8 Å². The van der Waals surface area contributed by atoms with Gasteiger partial charge in [0.1, 0.15) is 34.7 Å². The summed E-state index contributed by atoms with van der Waals surface area (Å²) >= 11 is 0. The molecule has 5 aliphatic carbocycles. The van der Waals surface area contributed by atoms with Crippen molar-refractivity contribution in [1.29, 1.82) is 0 Å². The molecule has 2 aromatic heterocycles. The van der Waals surface area contributed by atoms with Crippen LogP contribution in [0.1, 0.15) is 172 Å².